The molecule has 0 radical (unpaired) electrons. The number of oxazole rings is 1. The second kappa shape index (κ2) is 6.72. The van der Waals surface area contributed by atoms with Gasteiger partial charge in [-0.05, 0) is 31.9 Å². The maximum atomic E-state index is 13.1. The van der Waals surface area contributed by atoms with E-state index in [2.05, 4.69) is 9.97 Å². The second-order valence-electron chi connectivity index (χ2n) is 7.91. The molecule has 2 atom stereocenters. The van der Waals surface area contributed by atoms with E-state index in [9.17, 15) is 14.4 Å². The molecular formula is C21H22N4O4. The highest BCUT2D eigenvalue weighted by Crippen LogP contribution is 2.33. The largest absolute Gasteiger partial charge is 0.419 e. The van der Waals surface area contributed by atoms with Gasteiger partial charge in [0.25, 0.3) is 5.56 Å². The molecule has 0 spiro atoms. The SMILES string of the molecule is Cc1nc2c(c(=O)[nH]1)C[C@H]1CC[C@@H](C2)N1C(=O)CCn1c(=O)oc2ccccc21. The van der Waals surface area contributed by atoms with Gasteiger partial charge < -0.3 is 14.3 Å². The maximum absolute atomic E-state index is 13.1. The van der Waals surface area contributed by atoms with Crippen LogP contribution in [0, 0.1) is 6.92 Å². The van der Waals surface area contributed by atoms with Crippen molar-refractivity contribution in [1.29, 1.82) is 0 Å². The van der Waals surface area contributed by atoms with Gasteiger partial charge in [0.05, 0.1) is 11.2 Å². The lowest BCUT2D eigenvalue weighted by atomic mass is 9.98. The van der Waals surface area contributed by atoms with Crippen molar-refractivity contribution in [1.82, 2.24) is 19.4 Å². The fourth-order valence-corrected chi connectivity index (χ4v) is 4.84. The standard InChI is InChI=1S/C21H22N4O4/c1-12-22-16-11-14-7-6-13(10-15(16)20(27)23-12)25(14)19(26)8-9-24-17-4-2-3-5-18(17)29-21(24)28/h2-5,13-14H,6-11H2,1H3,(H,22,23,27)/t13-,14+/m1/s1. The lowest BCUT2D eigenvalue weighted by Crippen LogP contribution is -2.42. The number of H-pyrrole nitrogens is 1. The quantitative estimate of drug-likeness (QED) is 0.726. The van der Waals surface area contributed by atoms with Crippen LogP contribution in [0.15, 0.2) is 38.3 Å². The zero-order chi connectivity index (χ0) is 20.1. The predicted octanol–water partition coefficient (Wildman–Crippen LogP) is 1.53. The van der Waals surface area contributed by atoms with Gasteiger partial charge in [-0.1, -0.05) is 12.1 Å². The molecule has 3 aromatic rings. The zero-order valence-corrected chi connectivity index (χ0v) is 16.2. The van der Waals surface area contributed by atoms with E-state index in [0.717, 1.165) is 18.5 Å². The van der Waals surface area contributed by atoms with E-state index in [1.165, 1.54) is 4.57 Å². The Hall–Kier alpha value is -3.16. The van der Waals surface area contributed by atoms with Gasteiger partial charge in [0.2, 0.25) is 5.91 Å². The Morgan fingerprint density at radius 2 is 1.97 bits per heavy atom. The van der Waals surface area contributed by atoms with E-state index in [4.69, 9.17) is 4.42 Å². The fraction of sp³-hybridized carbons (Fsp3) is 0.429. The van der Waals surface area contributed by atoms with Crippen molar-refractivity contribution < 1.29 is 9.21 Å². The Kier molecular flexibility index (Phi) is 4.15. The molecule has 0 saturated carbocycles. The molecule has 4 heterocycles. The molecule has 1 fully saturated rings. The lowest BCUT2D eigenvalue weighted by Gasteiger charge is -2.28. The average molecular weight is 394 g/mol. The molecule has 8 heteroatoms. The molecular weight excluding hydrogens is 372 g/mol. The summed E-state index contributed by atoms with van der Waals surface area (Å²) in [4.78, 5) is 46.9. The summed E-state index contributed by atoms with van der Waals surface area (Å²) in [5.41, 5.74) is 2.65. The molecule has 0 aliphatic carbocycles. The first-order valence-corrected chi connectivity index (χ1v) is 9.99. The average Bonchev–Trinajstić information content (AvgIpc) is 3.16. The molecule has 1 N–H and O–H groups in total. The Bertz CT molecular complexity index is 1220. The van der Waals surface area contributed by atoms with Crippen molar-refractivity contribution in [2.24, 2.45) is 0 Å². The highest BCUT2D eigenvalue weighted by molar-refractivity contribution is 5.78. The van der Waals surface area contributed by atoms with Gasteiger partial charge in [0, 0.05) is 43.5 Å². The van der Waals surface area contributed by atoms with Crippen molar-refractivity contribution in [2.45, 2.75) is 57.7 Å². The number of para-hydroxylation sites is 2. The summed E-state index contributed by atoms with van der Waals surface area (Å²) >= 11 is 0. The molecule has 8 nitrogen and oxygen atoms in total. The molecule has 1 aromatic carbocycles. The Morgan fingerprint density at radius 3 is 2.79 bits per heavy atom. The third kappa shape index (κ3) is 2.99. The molecule has 2 aliphatic heterocycles. The van der Waals surface area contributed by atoms with Crippen LogP contribution in [0.1, 0.15) is 36.3 Å². The normalized spacial score (nSPS) is 20.7. The Labute approximate surface area is 166 Å². The number of benzene rings is 1. The Balaban J connectivity index is 1.38. The number of hydrogen-bond donors (Lipinski definition) is 1. The molecule has 29 heavy (non-hydrogen) atoms. The number of aromatic amines is 1. The number of carbonyl (C=O) groups is 1. The minimum atomic E-state index is -0.448. The number of nitrogens with one attached hydrogen (secondary N) is 1. The molecule has 150 valence electrons. The summed E-state index contributed by atoms with van der Waals surface area (Å²) in [6.45, 7) is 2.05. The monoisotopic (exact) mass is 394 g/mol. The minimum absolute atomic E-state index is 0.00985. The number of nitrogens with zero attached hydrogens (tertiary/aromatic N) is 3. The van der Waals surface area contributed by atoms with E-state index in [0.29, 0.717) is 35.3 Å². The van der Waals surface area contributed by atoms with Crippen LogP contribution in [0.4, 0.5) is 0 Å². The van der Waals surface area contributed by atoms with Crippen LogP contribution in [0.5, 0.6) is 0 Å². The fourth-order valence-electron chi connectivity index (χ4n) is 4.84. The first-order chi connectivity index (χ1) is 14.0. The van der Waals surface area contributed by atoms with Crippen LogP contribution in [-0.2, 0) is 24.2 Å². The van der Waals surface area contributed by atoms with Crippen LogP contribution in [-0.4, -0.2) is 37.4 Å². The van der Waals surface area contributed by atoms with E-state index >= 15 is 0 Å². The smallest absolute Gasteiger partial charge is 0.408 e. The molecule has 2 bridgehead atoms. The maximum Gasteiger partial charge on any atom is 0.419 e. The van der Waals surface area contributed by atoms with Gasteiger partial charge in [-0.2, -0.15) is 0 Å². The summed E-state index contributed by atoms with van der Waals surface area (Å²) in [5.74, 6) is 0.169. The van der Waals surface area contributed by atoms with Crippen LogP contribution in [0.3, 0.4) is 0 Å². The van der Waals surface area contributed by atoms with Crippen molar-refractivity contribution in [3.05, 3.63) is 62.3 Å². The van der Waals surface area contributed by atoms with Gasteiger partial charge >= 0.3 is 5.76 Å². The van der Waals surface area contributed by atoms with Gasteiger partial charge in [0.15, 0.2) is 5.58 Å². The van der Waals surface area contributed by atoms with Gasteiger partial charge in [-0.3, -0.25) is 14.2 Å². The number of rotatable bonds is 3. The number of hydrogen-bond acceptors (Lipinski definition) is 5. The summed E-state index contributed by atoms with van der Waals surface area (Å²) in [6, 6.07) is 7.28. The lowest BCUT2D eigenvalue weighted by molar-refractivity contribution is -0.134. The molecule has 5 rings (SSSR count). The van der Waals surface area contributed by atoms with Crippen LogP contribution < -0.4 is 11.3 Å². The topological polar surface area (TPSA) is 101 Å². The van der Waals surface area contributed by atoms with E-state index in [-0.39, 0.29) is 36.5 Å². The van der Waals surface area contributed by atoms with Gasteiger partial charge in [-0.25, -0.2) is 9.78 Å². The first-order valence-electron chi connectivity index (χ1n) is 9.99. The van der Waals surface area contributed by atoms with Crippen molar-refractivity contribution >= 4 is 17.0 Å². The van der Waals surface area contributed by atoms with Crippen LogP contribution in [0.25, 0.3) is 11.1 Å². The summed E-state index contributed by atoms with van der Waals surface area (Å²) in [7, 11) is 0. The minimum Gasteiger partial charge on any atom is -0.408 e. The third-order valence-corrected chi connectivity index (χ3v) is 6.12. The van der Waals surface area contributed by atoms with Crippen molar-refractivity contribution in [3.63, 3.8) is 0 Å². The summed E-state index contributed by atoms with van der Waals surface area (Å²) in [6.07, 6.45) is 3.16. The molecule has 2 aromatic heterocycles. The number of fused-ring (bicyclic) bond motifs is 4. The predicted molar refractivity (Wildman–Crippen MR) is 106 cm³/mol. The number of aryl methyl sites for hydroxylation is 2. The van der Waals surface area contributed by atoms with Crippen LogP contribution in [0.2, 0.25) is 0 Å². The summed E-state index contributed by atoms with van der Waals surface area (Å²) < 4.78 is 6.77. The highest BCUT2D eigenvalue weighted by atomic mass is 16.4. The summed E-state index contributed by atoms with van der Waals surface area (Å²) in [5, 5.41) is 0. The molecule has 0 unspecified atom stereocenters. The van der Waals surface area contributed by atoms with Crippen molar-refractivity contribution in [3.8, 4) is 0 Å². The van der Waals surface area contributed by atoms with Crippen LogP contribution >= 0.6 is 0 Å². The molecule has 2 aliphatic rings. The number of aromatic nitrogens is 3. The first kappa shape index (κ1) is 17.9. The number of amides is 1. The van der Waals surface area contributed by atoms with Gasteiger partial charge in [-0.15, -0.1) is 0 Å². The third-order valence-electron chi connectivity index (χ3n) is 6.12. The van der Waals surface area contributed by atoms with E-state index in [1.807, 2.05) is 23.1 Å². The highest BCUT2D eigenvalue weighted by Gasteiger charge is 2.40. The number of carbonyl (C=O) groups excluding carboxylic acids is 1. The second-order valence-corrected chi connectivity index (χ2v) is 7.91. The Morgan fingerprint density at radius 1 is 1.21 bits per heavy atom. The van der Waals surface area contributed by atoms with E-state index in [1.54, 1.807) is 13.0 Å². The van der Waals surface area contributed by atoms with E-state index < -0.39 is 5.76 Å². The van der Waals surface area contributed by atoms with Crippen molar-refractivity contribution in [2.75, 3.05) is 0 Å². The van der Waals surface area contributed by atoms with Gasteiger partial charge in [0.1, 0.15) is 5.82 Å². The zero-order valence-electron chi connectivity index (χ0n) is 16.2. The molecule has 1 amide bonds. The molecule has 1 saturated heterocycles.